The van der Waals surface area contributed by atoms with Gasteiger partial charge in [-0.3, -0.25) is 0 Å². The summed E-state index contributed by atoms with van der Waals surface area (Å²) in [6.45, 7) is 7.94. The summed E-state index contributed by atoms with van der Waals surface area (Å²) in [7, 11) is 1.69. The third kappa shape index (κ3) is 8.43. The van der Waals surface area contributed by atoms with E-state index >= 15 is 0 Å². The van der Waals surface area contributed by atoms with E-state index < -0.39 is 0 Å². The molecule has 0 spiro atoms. The third-order valence-corrected chi connectivity index (χ3v) is 2.83. The molecular weight excluding hydrogens is 393 g/mol. The molecule has 0 aliphatic rings. The lowest BCUT2D eigenvalue weighted by Crippen LogP contribution is -2.36. The summed E-state index contributed by atoms with van der Waals surface area (Å²) in [6.07, 6.45) is 0.865. The van der Waals surface area contributed by atoms with Crippen molar-refractivity contribution >= 4 is 29.9 Å². The predicted molar refractivity (Wildman–Crippen MR) is 102 cm³/mol. The Balaban J connectivity index is 0.00000441. The number of aliphatic imine (C=N–C) groups is 1. The monoisotopic (exact) mass is 421 g/mol. The van der Waals surface area contributed by atoms with Crippen molar-refractivity contribution in [1.82, 2.24) is 5.32 Å². The number of halogens is 1. The van der Waals surface area contributed by atoms with Gasteiger partial charge in [-0.05, 0) is 32.4 Å². The topological polar surface area (TPSA) is 68.9 Å². The molecule has 1 aromatic carbocycles. The highest BCUT2D eigenvalue weighted by atomic mass is 127. The van der Waals surface area contributed by atoms with E-state index in [-0.39, 0.29) is 30.0 Å². The number of hydrogen-bond acceptors (Lipinski definition) is 3. The standard InChI is InChI=1S/C16H27N3O2.HI/c1-12(2)19-16(17)18-11-14-7-6-13(3)10-15(14)21-9-5-8-20-4;/h6-7,10,12H,5,8-9,11H2,1-4H3,(H3,17,18,19);1H. The Labute approximate surface area is 150 Å². The number of hydrogen-bond donors (Lipinski definition) is 2. The molecule has 0 aliphatic carbocycles. The van der Waals surface area contributed by atoms with Gasteiger partial charge >= 0.3 is 0 Å². The number of aryl methyl sites for hydroxylation is 1. The number of nitrogens with two attached hydrogens (primary N) is 1. The minimum atomic E-state index is 0. The van der Waals surface area contributed by atoms with E-state index in [0.29, 0.717) is 25.7 Å². The van der Waals surface area contributed by atoms with Gasteiger partial charge in [-0.1, -0.05) is 12.1 Å². The van der Waals surface area contributed by atoms with Crippen molar-refractivity contribution in [1.29, 1.82) is 0 Å². The molecule has 22 heavy (non-hydrogen) atoms. The molecule has 0 saturated carbocycles. The molecule has 3 N–H and O–H groups in total. The van der Waals surface area contributed by atoms with Gasteiger partial charge in [0, 0.05) is 31.7 Å². The summed E-state index contributed by atoms with van der Waals surface area (Å²) in [5.74, 6) is 1.32. The Hall–Kier alpha value is -1.02. The number of nitrogens with one attached hydrogen (secondary N) is 1. The number of benzene rings is 1. The first-order chi connectivity index (χ1) is 10.0. The van der Waals surface area contributed by atoms with Crippen molar-refractivity contribution in [2.75, 3.05) is 20.3 Å². The van der Waals surface area contributed by atoms with E-state index in [9.17, 15) is 0 Å². The Morgan fingerprint density at radius 1 is 1.32 bits per heavy atom. The van der Waals surface area contributed by atoms with Crippen LogP contribution in [0.2, 0.25) is 0 Å². The maximum absolute atomic E-state index is 5.82. The summed E-state index contributed by atoms with van der Waals surface area (Å²) in [5, 5.41) is 3.07. The molecule has 0 amide bonds. The molecule has 126 valence electrons. The molecule has 0 atom stereocenters. The average molecular weight is 421 g/mol. The molecular formula is C16H28IN3O2. The zero-order valence-corrected chi connectivity index (χ0v) is 16.2. The number of ether oxygens (including phenoxy) is 2. The molecule has 0 fully saturated rings. The minimum absolute atomic E-state index is 0. The van der Waals surface area contributed by atoms with E-state index in [1.807, 2.05) is 32.9 Å². The van der Waals surface area contributed by atoms with Crippen LogP contribution in [-0.4, -0.2) is 32.3 Å². The van der Waals surface area contributed by atoms with Crippen LogP contribution in [0, 0.1) is 6.92 Å². The molecule has 0 bridgehead atoms. The molecule has 0 heterocycles. The molecule has 0 aromatic heterocycles. The van der Waals surface area contributed by atoms with Gasteiger partial charge in [0.1, 0.15) is 5.75 Å². The largest absolute Gasteiger partial charge is 0.493 e. The molecule has 6 heteroatoms. The molecule has 5 nitrogen and oxygen atoms in total. The molecule has 0 radical (unpaired) electrons. The van der Waals surface area contributed by atoms with Crippen LogP contribution in [0.1, 0.15) is 31.4 Å². The Morgan fingerprint density at radius 3 is 2.68 bits per heavy atom. The maximum Gasteiger partial charge on any atom is 0.189 e. The number of methoxy groups -OCH3 is 1. The highest BCUT2D eigenvalue weighted by molar-refractivity contribution is 14.0. The van der Waals surface area contributed by atoms with Crippen LogP contribution in [0.25, 0.3) is 0 Å². The van der Waals surface area contributed by atoms with Crippen LogP contribution in [0.5, 0.6) is 5.75 Å². The van der Waals surface area contributed by atoms with Crippen LogP contribution >= 0.6 is 24.0 Å². The maximum atomic E-state index is 5.82. The summed E-state index contributed by atoms with van der Waals surface area (Å²) in [6, 6.07) is 6.40. The van der Waals surface area contributed by atoms with Crippen molar-refractivity contribution in [2.45, 2.75) is 39.8 Å². The van der Waals surface area contributed by atoms with Crippen molar-refractivity contribution in [3.63, 3.8) is 0 Å². The minimum Gasteiger partial charge on any atom is -0.493 e. The van der Waals surface area contributed by atoms with Gasteiger partial charge in [-0.25, -0.2) is 4.99 Å². The van der Waals surface area contributed by atoms with Crippen molar-refractivity contribution in [3.05, 3.63) is 29.3 Å². The number of rotatable bonds is 8. The zero-order valence-electron chi connectivity index (χ0n) is 13.9. The molecule has 0 aliphatic heterocycles. The first-order valence-corrected chi connectivity index (χ1v) is 7.30. The first-order valence-electron chi connectivity index (χ1n) is 7.30. The van der Waals surface area contributed by atoms with Crippen LogP contribution in [0.3, 0.4) is 0 Å². The number of nitrogens with zero attached hydrogens (tertiary/aromatic N) is 1. The van der Waals surface area contributed by atoms with E-state index in [1.54, 1.807) is 7.11 Å². The highest BCUT2D eigenvalue weighted by Crippen LogP contribution is 2.21. The normalized spacial score (nSPS) is 11.2. The summed E-state index contributed by atoms with van der Waals surface area (Å²) < 4.78 is 10.8. The highest BCUT2D eigenvalue weighted by Gasteiger charge is 2.05. The molecule has 1 aromatic rings. The molecule has 1 rings (SSSR count). The lowest BCUT2D eigenvalue weighted by molar-refractivity contribution is 0.172. The van der Waals surface area contributed by atoms with Crippen LogP contribution < -0.4 is 15.8 Å². The number of guanidine groups is 1. The van der Waals surface area contributed by atoms with Crippen LogP contribution in [-0.2, 0) is 11.3 Å². The van der Waals surface area contributed by atoms with Crippen LogP contribution in [0.4, 0.5) is 0 Å². The second-order valence-corrected chi connectivity index (χ2v) is 5.31. The lowest BCUT2D eigenvalue weighted by atomic mass is 10.1. The van der Waals surface area contributed by atoms with E-state index in [4.69, 9.17) is 15.2 Å². The summed E-state index contributed by atoms with van der Waals surface area (Å²) in [4.78, 5) is 4.35. The predicted octanol–water partition coefficient (Wildman–Crippen LogP) is 2.84. The van der Waals surface area contributed by atoms with Gasteiger partial charge in [0.2, 0.25) is 0 Å². The van der Waals surface area contributed by atoms with E-state index in [1.165, 1.54) is 0 Å². The van der Waals surface area contributed by atoms with Gasteiger partial charge in [0.15, 0.2) is 5.96 Å². The summed E-state index contributed by atoms with van der Waals surface area (Å²) in [5.41, 5.74) is 8.02. The zero-order chi connectivity index (χ0) is 15.7. The smallest absolute Gasteiger partial charge is 0.189 e. The summed E-state index contributed by atoms with van der Waals surface area (Å²) >= 11 is 0. The van der Waals surface area contributed by atoms with E-state index in [0.717, 1.165) is 23.3 Å². The van der Waals surface area contributed by atoms with Gasteiger partial charge in [-0.2, -0.15) is 0 Å². The SMILES string of the molecule is COCCCOc1cc(C)ccc1CN=C(N)NC(C)C.I. The Morgan fingerprint density at radius 2 is 2.05 bits per heavy atom. The van der Waals surface area contributed by atoms with Crippen molar-refractivity contribution < 1.29 is 9.47 Å². The van der Waals surface area contributed by atoms with Gasteiger partial charge < -0.3 is 20.5 Å². The van der Waals surface area contributed by atoms with Crippen molar-refractivity contribution in [2.24, 2.45) is 10.7 Å². The fourth-order valence-corrected chi connectivity index (χ4v) is 1.82. The fourth-order valence-electron chi connectivity index (χ4n) is 1.82. The second kappa shape index (κ2) is 11.5. The van der Waals surface area contributed by atoms with Gasteiger partial charge in [0.25, 0.3) is 0 Å². The Bertz CT molecular complexity index is 465. The average Bonchev–Trinajstić information content (AvgIpc) is 2.42. The van der Waals surface area contributed by atoms with E-state index in [2.05, 4.69) is 16.4 Å². The fraction of sp³-hybridized carbons (Fsp3) is 0.562. The second-order valence-electron chi connectivity index (χ2n) is 5.31. The lowest BCUT2D eigenvalue weighted by Gasteiger charge is -2.12. The van der Waals surface area contributed by atoms with Crippen molar-refractivity contribution in [3.8, 4) is 5.75 Å². The molecule has 0 saturated heterocycles. The van der Waals surface area contributed by atoms with Gasteiger partial charge in [0.05, 0.1) is 13.2 Å². The Kier molecular flexibility index (Phi) is 11.0. The third-order valence-electron chi connectivity index (χ3n) is 2.83. The molecule has 0 unspecified atom stereocenters. The van der Waals surface area contributed by atoms with Crippen LogP contribution in [0.15, 0.2) is 23.2 Å². The van der Waals surface area contributed by atoms with Gasteiger partial charge in [-0.15, -0.1) is 24.0 Å². The first kappa shape index (κ1) is 21.0. The quantitative estimate of drug-likeness (QED) is 0.293.